The molecule has 0 radical (unpaired) electrons. The van der Waals surface area contributed by atoms with Crippen molar-refractivity contribution in [3.63, 3.8) is 0 Å². The molecule has 3 nitrogen and oxygen atoms in total. The summed E-state index contributed by atoms with van der Waals surface area (Å²) in [5, 5.41) is 10.6. The summed E-state index contributed by atoms with van der Waals surface area (Å²) in [7, 11) is 1.61. The summed E-state index contributed by atoms with van der Waals surface area (Å²) in [6, 6.07) is 17.6. The van der Waals surface area contributed by atoms with Crippen molar-refractivity contribution in [1.29, 1.82) is 0 Å². The molecule has 0 amide bonds. The van der Waals surface area contributed by atoms with Gasteiger partial charge < -0.3 is 14.6 Å². The zero-order valence-electron chi connectivity index (χ0n) is 13.7. The molecule has 23 heavy (non-hydrogen) atoms. The highest BCUT2D eigenvalue weighted by Crippen LogP contribution is 2.24. The molecule has 0 aliphatic carbocycles. The Kier molecular flexibility index (Phi) is 5.94. The van der Waals surface area contributed by atoms with Crippen LogP contribution in [0.1, 0.15) is 24.5 Å². The fourth-order valence-electron chi connectivity index (χ4n) is 2.95. The molecule has 3 heteroatoms. The minimum Gasteiger partial charge on any atom is -0.497 e. The van der Waals surface area contributed by atoms with Gasteiger partial charge in [-0.2, -0.15) is 0 Å². The second-order valence-electron chi connectivity index (χ2n) is 6.25. The fourth-order valence-corrected chi connectivity index (χ4v) is 2.95. The number of methoxy groups -OCH3 is 1. The van der Waals surface area contributed by atoms with Gasteiger partial charge in [-0.1, -0.05) is 49.4 Å². The Labute approximate surface area is 137 Å². The van der Waals surface area contributed by atoms with Gasteiger partial charge in [0.05, 0.1) is 7.11 Å². The van der Waals surface area contributed by atoms with Crippen molar-refractivity contribution >= 4 is 6.29 Å². The molecule has 0 spiro atoms. The summed E-state index contributed by atoms with van der Waals surface area (Å²) in [5.74, 6) is 0.978. The maximum absolute atomic E-state index is 11.5. The molecule has 0 aliphatic heterocycles. The van der Waals surface area contributed by atoms with Gasteiger partial charge in [-0.25, -0.2) is 0 Å². The van der Waals surface area contributed by atoms with Gasteiger partial charge in [-0.15, -0.1) is 0 Å². The second kappa shape index (κ2) is 7.93. The molecule has 2 atom stereocenters. The summed E-state index contributed by atoms with van der Waals surface area (Å²) in [4.78, 5) is 11.5. The number of rotatable bonds is 8. The Hall–Kier alpha value is -2.13. The standard InChI is InChI=1S/C20H24O3/c1-16(12-17-6-4-3-5-7-17)13-20(22,15-21)14-18-8-10-19(23-2)11-9-18/h3-11,15-16,22H,12-14H2,1-2H3/t16-,20?/m1/s1. The highest BCUT2D eigenvalue weighted by Gasteiger charge is 2.29. The predicted molar refractivity (Wildman–Crippen MR) is 91.6 cm³/mol. The van der Waals surface area contributed by atoms with E-state index in [2.05, 4.69) is 19.1 Å². The van der Waals surface area contributed by atoms with Gasteiger partial charge in [0, 0.05) is 6.42 Å². The Morgan fingerprint density at radius 2 is 1.74 bits per heavy atom. The smallest absolute Gasteiger partial charge is 0.151 e. The molecule has 0 fully saturated rings. The lowest BCUT2D eigenvalue weighted by atomic mass is 9.84. The summed E-state index contributed by atoms with van der Waals surface area (Å²) in [6.45, 7) is 2.06. The van der Waals surface area contributed by atoms with Crippen molar-refractivity contribution in [1.82, 2.24) is 0 Å². The number of hydrogen-bond acceptors (Lipinski definition) is 3. The molecule has 1 unspecified atom stereocenters. The zero-order valence-corrected chi connectivity index (χ0v) is 13.7. The molecule has 2 aromatic carbocycles. The van der Waals surface area contributed by atoms with Crippen molar-refractivity contribution in [2.75, 3.05) is 7.11 Å². The van der Waals surface area contributed by atoms with Crippen molar-refractivity contribution in [2.24, 2.45) is 5.92 Å². The number of ether oxygens (including phenoxy) is 1. The lowest BCUT2D eigenvalue weighted by Crippen LogP contribution is -2.35. The Morgan fingerprint density at radius 3 is 2.30 bits per heavy atom. The van der Waals surface area contributed by atoms with E-state index in [1.165, 1.54) is 5.56 Å². The molecule has 0 heterocycles. The van der Waals surface area contributed by atoms with Crippen LogP contribution in [-0.4, -0.2) is 24.1 Å². The predicted octanol–water partition coefficient (Wildman–Crippen LogP) is 3.44. The van der Waals surface area contributed by atoms with Gasteiger partial charge in [-0.3, -0.25) is 0 Å². The van der Waals surface area contributed by atoms with E-state index in [0.29, 0.717) is 19.1 Å². The topological polar surface area (TPSA) is 46.5 Å². The first kappa shape index (κ1) is 17.2. The van der Waals surface area contributed by atoms with Crippen LogP contribution < -0.4 is 4.74 Å². The van der Waals surface area contributed by atoms with Crippen LogP contribution in [-0.2, 0) is 17.6 Å². The highest BCUT2D eigenvalue weighted by atomic mass is 16.5. The van der Waals surface area contributed by atoms with Crippen LogP contribution in [0.5, 0.6) is 5.75 Å². The lowest BCUT2D eigenvalue weighted by molar-refractivity contribution is -0.125. The highest BCUT2D eigenvalue weighted by molar-refractivity contribution is 5.63. The van der Waals surface area contributed by atoms with E-state index in [1.54, 1.807) is 7.11 Å². The first-order chi connectivity index (χ1) is 11.0. The molecule has 1 N–H and O–H groups in total. The third-order valence-electron chi connectivity index (χ3n) is 4.02. The molecule has 0 saturated heterocycles. The lowest BCUT2D eigenvalue weighted by Gasteiger charge is -2.25. The molecule has 122 valence electrons. The number of carbonyl (C=O) groups excluding carboxylic acids is 1. The monoisotopic (exact) mass is 312 g/mol. The van der Waals surface area contributed by atoms with Gasteiger partial charge in [0.1, 0.15) is 11.4 Å². The minimum atomic E-state index is -1.33. The number of benzene rings is 2. The van der Waals surface area contributed by atoms with Gasteiger partial charge in [0.15, 0.2) is 6.29 Å². The van der Waals surface area contributed by atoms with Gasteiger partial charge in [0.25, 0.3) is 0 Å². The summed E-state index contributed by atoms with van der Waals surface area (Å²) in [6.07, 6.45) is 2.29. The number of carbonyl (C=O) groups is 1. The van der Waals surface area contributed by atoms with Gasteiger partial charge in [-0.05, 0) is 42.0 Å². The summed E-state index contributed by atoms with van der Waals surface area (Å²) >= 11 is 0. The molecular weight excluding hydrogens is 288 g/mol. The van der Waals surface area contributed by atoms with Crippen LogP contribution in [0.3, 0.4) is 0 Å². The Morgan fingerprint density at radius 1 is 1.09 bits per heavy atom. The SMILES string of the molecule is COc1ccc(CC(O)(C=O)C[C@H](C)Cc2ccccc2)cc1. The van der Waals surface area contributed by atoms with Crippen LogP contribution in [0.25, 0.3) is 0 Å². The first-order valence-corrected chi connectivity index (χ1v) is 7.90. The van der Waals surface area contributed by atoms with E-state index in [0.717, 1.165) is 17.7 Å². The normalized spacial score (nSPS) is 14.7. The van der Waals surface area contributed by atoms with Gasteiger partial charge >= 0.3 is 0 Å². The van der Waals surface area contributed by atoms with E-state index in [4.69, 9.17) is 4.74 Å². The third kappa shape index (κ3) is 5.22. The largest absolute Gasteiger partial charge is 0.497 e. The van der Waals surface area contributed by atoms with E-state index in [-0.39, 0.29) is 5.92 Å². The molecule has 0 aromatic heterocycles. The summed E-state index contributed by atoms with van der Waals surface area (Å²) < 4.78 is 5.12. The molecule has 2 aromatic rings. The van der Waals surface area contributed by atoms with Crippen molar-refractivity contribution < 1.29 is 14.6 Å². The Bertz CT molecular complexity index is 607. The fraction of sp³-hybridized carbons (Fsp3) is 0.350. The Balaban J connectivity index is 1.99. The third-order valence-corrected chi connectivity index (χ3v) is 4.02. The average molecular weight is 312 g/mol. The van der Waals surface area contributed by atoms with Crippen molar-refractivity contribution in [2.45, 2.75) is 31.8 Å². The molecule has 0 bridgehead atoms. The van der Waals surface area contributed by atoms with E-state index >= 15 is 0 Å². The quantitative estimate of drug-likeness (QED) is 0.760. The number of aliphatic hydroxyl groups is 1. The summed E-state index contributed by atoms with van der Waals surface area (Å²) in [5.41, 5.74) is 0.813. The number of hydrogen-bond donors (Lipinski definition) is 1. The van der Waals surface area contributed by atoms with Crippen molar-refractivity contribution in [3.05, 3.63) is 65.7 Å². The van der Waals surface area contributed by atoms with Crippen LogP contribution >= 0.6 is 0 Å². The van der Waals surface area contributed by atoms with Crippen LogP contribution in [0.2, 0.25) is 0 Å². The van der Waals surface area contributed by atoms with Crippen LogP contribution in [0, 0.1) is 5.92 Å². The number of aldehydes is 1. The molecular formula is C20H24O3. The zero-order chi connectivity index (χ0) is 16.7. The van der Waals surface area contributed by atoms with Crippen molar-refractivity contribution in [3.8, 4) is 5.75 Å². The molecule has 2 rings (SSSR count). The minimum absolute atomic E-state index is 0.214. The first-order valence-electron chi connectivity index (χ1n) is 7.90. The second-order valence-corrected chi connectivity index (χ2v) is 6.25. The van der Waals surface area contributed by atoms with Crippen LogP contribution in [0.4, 0.5) is 0 Å². The van der Waals surface area contributed by atoms with E-state index in [1.807, 2.05) is 42.5 Å². The maximum atomic E-state index is 11.5. The van der Waals surface area contributed by atoms with Crippen LogP contribution in [0.15, 0.2) is 54.6 Å². The van der Waals surface area contributed by atoms with Gasteiger partial charge in [0.2, 0.25) is 0 Å². The van der Waals surface area contributed by atoms with E-state index < -0.39 is 5.60 Å². The molecule has 0 aliphatic rings. The molecule has 0 saturated carbocycles. The maximum Gasteiger partial charge on any atom is 0.151 e. The average Bonchev–Trinajstić information content (AvgIpc) is 2.56. The van der Waals surface area contributed by atoms with E-state index in [9.17, 15) is 9.90 Å².